The van der Waals surface area contributed by atoms with E-state index >= 15 is 0 Å². The van der Waals surface area contributed by atoms with E-state index in [1.807, 2.05) is 0 Å². The van der Waals surface area contributed by atoms with E-state index < -0.39 is 0 Å². The average molecular weight is 295 g/mol. The maximum atomic E-state index is 12.1. The average Bonchev–Trinajstić information content (AvgIpc) is 3.03. The highest BCUT2D eigenvalue weighted by Crippen LogP contribution is 2.26. The monoisotopic (exact) mass is 295 g/mol. The van der Waals surface area contributed by atoms with E-state index in [-0.39, 0.29) is 18.5 Å². The van der Waals surface area contributed by atoms with Crippen LogP contribution < -0.4 is 10.6 Å². The van der Waals surface area contributed by atoms with Crippen LogP contribution in [-0.4, -0.2) is 22.4 Å². The lowest BCUT2D eigenvalue weighted by molar-refractivity contribution is -0.120. The van der Waals surface area contributed by atoms with Gasteiger partial charge in [-0.05, 0) is 43.5 Å². The van der Waals surface area contributed by atoms with Crippen LogP contribution in [0.4, 0.5) is 5.69 Å². The molecular weight excluding hydrogens is 278 g/mol. The van der Waals surface area contributed by atoms with E-state index in [9.17, 15) is 4.79 Å². The van der Waals surface area contributed by atoms with Crippen LogP contribution in [0.5, 0.6) is 0 Å². The van der Waals surface area contributed by atoms with Gasteiger partial charge in [0.05, 0.1) is 36.2 Å². The van der Waals surface area contributed by atoms with Gasteiger partial charge >= 0.3 is 0 Å². The minimum absolute atomic E-state index is 0.00901. The zero-order chi connectivity index (χ0) is 15.4. The Morgan fingerprint density at radius 1 is 1.41 bits per heavy atom. The molecule has 0 aliphatic heterocycles. The first-order chi connectivity index (χ1) is 10.8. The van der Waals surface area contributed by atoms with Crippen molar-refractivity contribution in [3.63, 3.8) is 0 Å². The number of amides is 1. The highest BCUT2D eigenvalue weighted by Gasteiger charge is 2.23. The highest BCUT2D eigenvalue weighted by atomic mass is 16.2. The number of imidazole rings is 1. The Hall–Kier alpha value is -2.81. The van der Waals surface area contributed by atoms with E-state index in [1.54, 1.807) is 30.6 Å². The molecule has 3 rings (SSSR count). The molecule has 0 saturated carbocycles. The molecule has 0 saturated heterocycles. The molecule has 0 bridgehead atoms. The largest absolute Gasteiger partial charge is 0.376 e. The number of carbonyl (C=O) groups is 1. The molecule has 22 heavy (non-hydrogen) atoms. The molecule has 2 aromatic rings. The van der Waals surface area contributed by atoms with Gasteiger partial charge < -0.3 is 15.6 Å². The quantitative estimate of drug-likeness (QED) is 0.803. The third-order valence-corrected chi connectivity index (χ3v) is 3.80. The zero-order valence-corrected chi connectivity index (χ0v) is 12.1. The summed E-state index contributed by atoms with van der Waals surface area (Å²) in [4.78, 5) is 19.5. The molecule has 1 aromatic heterocycles. The molecule has 0 radical (unpaired) electrons. The molecule has 0 spiro atoms. The summed E-state index contributed by atoms with van der Waals surface area (Å²) in [5.74, 6) is -0.0646. The minimum atomic E-state index is -0.0646. The van der Waals surface area contributed by atoms with Gasteiger partial charge in [0.15, 0.2) is 0 Å². The number of nitrogens with one attached hydrogen (secondary N) is 3. The van der Waals surface area contributed by atoms with Crippen LogP contribution in [-0.2, 0) is 11.2 Å². The van der Waals surface area contributed by atoms with Gasteiger partial charge in [0.1, 0.15) is 0 Å². The van der Waals surface area contributed by atoms with Gasteiger partial charge in [0.2, 0.25) is 5.91 Å². The van der Waals surface area contributed by atoms with E-state index in [0.717, 1.165) is 36.3 Å². The summed E-state index contributed by atoms with van der Waals surface area (Å²) >= 11 is 0. The second kappa shape index (κ2) is 6.31. The molecule has 1 aliphatic carbocycles. The van der Waals surface area contributed by atoms with E-state index in [4.69, 9.17) is 5.26 Å². The fraction of sp³-hybridized carbons (Fsp3) is 0.312. The van der Waals surface area contributed by atoms with Gasteiger partial charge in [-0.15, -0.1) is 0 Å². The van der Waals surface area contributed by atoms with E-state index in [1.165, 1.54) is 0 Å². The van der Waals surface area contributed by atoms with Crippen molar-refractivity contribution in [3.8, 4) is 6.07 Å². The number of benzene rings is 1. The molecular formula is C16H17N5O. The van der Waals surface area contributed by atoms with Gasteiger partial charge in [0, 0.05) is 11.4 Å². The van der Waals surface area contributed by atoms with Gasteiger partial charge in [0.25, 0.3) is 0 Å². The number of nitriles is 1. The predicted octanol–water partition coefficient (Wildman–Crippen LogP) is 1.89. The third-order valence-electron chi connectivity index (χ3n) is 3.80. The number of anilines is 1. The zero-order valence-electron chi connectivity index (χ0n) is 12.1. The molecule has 1 heterocycles. The Morgan fingerprint density at radius 2 is 2.23 bits per heavy atom. The summed E-state index contributed by atoms with van der Waals surface area (Å²) in [6, 6.07) is 9.07. The van der Waals surface area contributed by atoms with E-state index in [2.05, 4.69) is 26.7 Å². The van der Waals surface area contributed by atoms with Gasteiger partial charge in [-0.3, -0.25) is 4.79 Å². The number of carbonyl (C=O) groups excluding carboxylic acids is 1. The van der Waals surface area contributed by atoms with Crippen LogP contribution in [0.15, 0.2) is 30.6 Å². The number of aryl methyl sites for hydroxylation is 1. The van der Waals surface area contributed by atoms with Crippen molar-refractivity contribution < 1.29 is 4.79 Å². The molecule has 6 nitrogen and oxygen atoms in total. The lowest BCUT2D eigenvalue weighted by Crippen LogP contribution is -2.35. The summed E-state index contributed by atoms with van der Waals surface area (Å²) in [6.45, 7) is 0.197. The van der Waals surface area contributed by atoms with Crippen molar-refractivity contribution in [1.29, 1.82) is 5.26 Å². The first-order valence-corrected chi connectivity index (χ1v) is 7.32. The molecule has 1 aromatic carbocycles. The fourth-order valence-corrected chi connectivity index (χ4v) is 2.68. The fourth-order valence-electron chi connectivity index (χ4n) is 2.68. The molecule has 1 aliphatic rings. The van der Waals surface area contributed by atoms with Crippen molar-refractivity contribution in [2.75, 3.05) is 11.9 Å². The van der Waals surface area contributed by atoms with Crippen molar-refractivity contribution in [2.45, 2.75) is 25.3 Å². The maximum Gasteiger partial charge on any atom is 0.239 e. The van der Waals surface area contributed by atoms with Crippen LogP contribution >= 0.6 is 0 Å². The Balaban J connectivity index is 1.54. The van der Waals surface area contributed by atoms with Gasteiger partial charge in [-0.2, -0.15) is 5.26 Å². The number of H-pyrrole nitrogens is 1. The van der Waals surface area contributed by atoms with Crippen LogP contribution in [0.3, 0.4) is 0 Å². The number of aromatic amines is 1. The third kappa shape index (κ3) is 3.09. The van der Waals surface area contributed by atoms with Gasteiger partial charge in [-0.25, -0.2) is 4.98 Å². The van der Waals surface area contributed by atoms with Crippen LogP contribution in [0, 0.1) is 11.3 Å². The molecule has 1 atom stereocenters. The molecule has 3 N–H and O–H groups in total. The van der Waals surface area contributed by atoms with E-state index in [0.29, 0.717) is 5.56 Å². The molecule has 0 fully saturated rings. The second-order valence-corrected chi connectivity index (χ2v) is 5.32. The first-order valence-electron chi connectivity index (χ1n) is 7.32. The topological polar surface area (TPSA) is 93.6 Å². The Labute approximate surface area is 128 Å². The Bertz CT molecular complexity index is 698. The normalized spacial score (nSPS) is 16.4. The van der Waals surface area contributed by atoms with Crippen molar-refractivity contribution in [2.24, 2.45) is 0 Å². The number of rotatable bonds is 4. The predicted molar refractivity (Wildman–Crippen MR) is 82.1 cm³/mol. The maximum absolute atomic E-state index is 12.1. The number of nitrogens with zero attached hydrogens (tertiary/aromatic N) is 2. The van der Waals surface area contributed by atoms with Crippen LogP contribution in [0.1, 0.15) is 35.8 Å². The Kier molecular flexibility index (Phi) is 4.05. The molecule has 112 valence electrons. The number of hydrogen-bond donors (Lipinski definition) is 3. The van der Waals surface area contributed by atoms with Crippen LogP contribution in [0.25, 0.3) is 0 Å². The molecule has 1 amide bonds. The highest BCUT2D eigenvalue weighted by molar-refractivity contribution is 5.81. The second-order valence-electron chi connectivity index (χ2n) is 5.32. The van der Waals surface area contributed by atoms with Crippen LogP contribution in [0.2, 0.25) is 0 Å². The minimum Gasteiger partial charge on any atom is -0.376 e. The standard InChI is InChI=1S/C16H17N5O/c17-8-11-4-6-12(7-5-11)18-9-15(22)21-14-3-1-2-13-16(14)20-10-19-13/h4-7,10,14,18H,1-3,9H2,(H,19,20)(H,21,22). The number of hydrogen-bond acceptors (Lipinski definition) is 4. The van der Waals surface area contributed by atoms with Gasteiger partial charge in [-0.1, -0.05) is 0 Å². The lowest BCUT2D eigenvalue weighted by Gasteiger charge is -2.22. The Morgan fingerprint density at radius 3 is 3.00 bits per heavy atom. The first kappa shape index (κ1) is 14.1. The molecule has 1 unspecified atom stereocenters. The summed E-state index contributed by atoms with van der Waals surface area (Å²) < 4.78 is 0. The number of fused-ring (bicyclic) bond motifs is 1. The lowest BCUT2D eigenvalue weighted by atomic mass is 9.96. The summed E-state index contributed by atoms with van der Waals surface area (Å²) in [5, 5.41) is 14.8. The smallest absolute Gasteiger partial charge is 0.239 e. The molecule has 6 heteroatoms. The summed E-state index contributed by atoms with van der Waals surface area (Å²) in [6.07, 6.45) is 4.64. The SMILES string of the molecule is N#Cc1ccc(NCC(=O)NC2CCCc3[nH]cnc32)cc1. The summed E-state index contributed by atoms with van der Waals surface area (Å²) in [7, 11) is 0. The summed E-state index contributed by atoms with van der Waals surface area (Å²) in [5.41, 5.74) is 3.50. The van der Waals surface area contributed by atoms with Crippen molar-refractivity contribution in [1.82, 2.24) is 15.3 Å². The van der Waals surface area contributed by atoms with Crippen molar-refractivity contribution >= 4 is 11.6 Å². The number of aromatic nitrogens is 2. The van der Waals surface area contributed by atoms with Crippen molar-refractivity contribution in [3.05, 3.63) is 47.5 Å².